The minimum atomic E-state index is -0.253. The van der Waals surface area contributed by atoms with Crippen LogP contribution in [0.2, 0.25) is 0 Å². The van der Waals surface area contributed by atoms with Gasteiger partial charge in [-0.3, -0.25) is 4.79 Å². The van der Waals surface area contributed by atoms with Crippen LogP contribution in [0.25, 0.3) is 11.0 Å². The maximum Gasteiger partial charge on any atom is 0.227 e. The Hall–Kier alpha value is -3.67. The Labute approximate surface area is 186 Å². The number of hydrogen-bond donors (Lipinski definition) is 0. The second kappa shape index (κ2) is 8.46. The van der Waals surface area contributed by atoms with Crippen molar-refractivity contribution in [1.82, 2.24) is 9.55 Å². The lowest BCUT2D eigenvalue weighted by molar-refractivity contribution is -0.117. The van der Waals surface area contributed by atoms with Crippen LogP contribution in [0.1, 0.15) is 30.7 Å². The lowest BCUT2D eigenvalue weighted by atomic mass is 10.1. The largest absolute Gasteiger partial charge is 0.494 e. The summed E-state index contributed by atoms with van der Waals surface area (Å²) in [6, 6.07) is 22.1. The van der Waals surface area contributed by atoms with E-state index in [-0.39, 0.29) is 17.6 Å². The third kappa shape index (κ3) is 3.84. The molecule has 5 rings (SSSR count). The number of aromatic nitrogens is 2. The van der Waals surface area contributed by atoms with Gasteiger partial charge >= 0.3 is 0 Å². The molecule has 3 aromatic carbocycles. The molecule has 4 aromatic rings. The van der Waals surface area contributed by atoms with Gasteiger partial charge in [0.15, 0.2) is 0 Å². The molecular formula is C26H24FN3O2. The van der Waals surface area contributed by atoms with E-state index in [9.17, 15) is 9.18 Å². The number of ether oxygens (including phenoxy) is 1. The molecule has 1 amide bonds. The number of nitrogens with zero attached hydrogens (tertiary/aromatic N) is 3. The summed E-state index contributed by atoms with van der Waals surface area (Å²) in [5.74, 6) is 1.48. The van der Waals surface area contributed by atoms with Gasteiger partial charge in [-0.25, -0.2) is 9.37 Å². The summed E-state index contributed by atoms with van der Waals surface area (Å²) >= 11 is 0. The Kier molecular flexibility index (Phi) is 5.35. The molecule has 0 aliphatic carbocycles. The van der Waals surface area contributed by atoms with E-state index >= 15 is 0 Å². The van der Waals surface area contributed by atoms with E-state index in [2.05, 4.69) is 4.57 Å². The molecule has 1 saturated heterocycles. The first kappa shape index (κ1) is 20.2. The Morgan fingerprint density at radius 1 is 1.03 bits per heavy atom. The molecule has 1 aliphatic heterocycles. The van der Waals surface area contributed by atoms with Gasteiger partial charge in [0.2, 0.25) is 5.91 Å². The fraction of sp³-hybridized carbons (Fsp3) is 0.231. The zero-order chi connectivity index (χ0) is 22.1. The van der Waals surface area contributed by atoms with Crippen molar-refractivity contribution in [3.8, 4) is 5.75 Å². The van der Waals surface area contributed by atoms with Crippen LogP contribution in [-0.2, 0) is 11.3 Å². The first-order chi connectivity index (χ1) is 15.6. The van der Waals surface area contributed by atoms with Crippen molar-refractivity contribution in [3.63, 3.8) is 0 Å². The van der Waals surface area contributed by atoms with E-state index < -0.39 is 0 Å². The van der Waals surface area contributed by atoms with Crippen molar-refractivity contribution in [2.45, 2.75) is 25.8 Å². The summed E-state index contributed by atoms with van der Waals surface area (Å²) in [6.45, 7) is 3.69. The van der Waals surface area contributed by atoms with Gasteiger partial charge in [0.1, 0.15) is 17.4 Å². The van der Waals surface area contributed by atoms with Gasteiger partial charge in [0, 0.05) is 31.1 Å². The fourth-order valence-electron chi connectivity index (χ4n) is 4.36. The average Bonchev–Trinajstić information content (AvgIpc) is 3.37. The van der Waals surface area contributed by atoms with Crippen molar-refractivity contribution in [3.05, 3.63) is 90.0 Å². The summed E-state index contributed by atoms with van der Waals surface area (Å²) in [4.78, 5) is 19.6. The molecule has 1 unspecified atom stereocenters. The zero-order valence-corrected chi connectivity index (χ0v) is 17.9. The van der Waals surface area contributed by atoms with Gasteiger partial charge in [0.05, 0.1) is 17.6 Å². The predicted octanol–water partition coefficient (Wildman–Crippen LogP) is 5.14. The second-order valence-electron chi connectivity index (χ2n) is 8.00. The molecular weight excluding hydrogens is 405 g/mol. The molecule has 0 radical (unpaired) electrons. The van der Waals surface area contributed by atoms with Gasteiger partial charge in [0.25, 0.3) is 0 Å². The highest BCUT2D eigenvalue weighted by Crippen LogP contribution is 2.34. The topological polar surface area (TPSA) is 47.4 Å². The van der Waals surface area contributed by atoms with Crippen LogP contribution in [0.15, 0.2) is 72.8 Å². The van der Waals surface area contributed by atoms with Crippen molar-refractivity contribution in [1.29, 1.82) is 0 Å². The van der Waals surface area contributed by atoms with E-state index in [4.69, 9.17) is 9.72 Å². The van der Waals surface area contributed by atoms with Gasteiger partial charge in [-0.15, -0.1) is 0 Å². The van der Waals surface area contributed by atoms with Gasteiger partial charge in [-0.2, -0.15) is 0 Å². The van der Waals surface area contributed by atoms with E-state index in [0.29, 0.717) is 26.1 Å². The van der Waals surface area contributed by atoms with Gasteiger partial charge < -0.3 is 14.2 Å². The summed E-state index contributed by atoms with van der Waals surface area (Å²) in [6.07, 6.45) is 0.403. The lowest BCUT2D eigenvalue weighted by Crippen LogP contribution is -2.24. The van der Waals surface area contributed by atoms with Crippen molar-refractivity contribution >= 4 is 22.6 Å². The van der Waals surface area contributed by atoms with Crippen LogP contribution in [0.3, 0.4) is 0 Å². The minimum Gasteiger partial charge on any atom is -0.494 e. The standard InChI is InChI=1S/C26H24FN3O2/c1-2-32-22-13-11-21(12-14-22)29-17-19(15-25(29)31)26-28-23-5-3-4-6-24(23)30(26)16-18-7-9-20(27)10-8-18/h3-14,19H,2,15-17H2,1H3. The molecule has 2 heterocycles. The van der Waals surface area contributed by atoms with Crippen LogP contribution in [0.4, 0.5) is 10.1 Å². The van der Waals surface area contributed by atoms with E-state index in [1.54, 1.807) is 12.1 Å². The zero-order valence-electron chi connectivity index (χ0n) is 17.9. The minimum absolute atomic E-state index is 0.0260. The molecule has 0 N–H and O–H groups in total. The number of benzene rings is 3. The van der Waals surface area contributed by atoms with Crippen LogP contribution in [0, 0.1) is 5.82 Å². The highest BCUT2D eigenvalue weighted by molar-refractivity contribution is 5.96. The quantitative estimate of drug-likeness (QED) is 0.426. The monoisotopic (exact) mass is 429 g/mol. The van der Waals surface area contributed by atoms with Crippen LogP contribution in [0.5, 0.6) is 5.75 Å². The van der Waals surface area contributed by atoms with Crippen molar-refractivity contribution < 1.29 is 13.9 Å². The number of halogens is 1. The molecule has 1 aliphatic rings. The summed E-state index contributed by atoms with van der Waals surface area (Å²) in [7, 11) is 0. The first-order valence-electron chi connectivity index (χ1n) is 10.8. The number of para-hydroxylation sites is 2. The Morgan fingerprint density at radius 3 is 2.53 bits per heavy atom. The lowest BCUT2D eigenvalue weighted by Gasteiger charge is -2.18. The van der Waals surface area contributed by atoms with E-state index in [1.165, 1.54) is 12.1 Å². The number of fused-ring (bicyclic) bond motifs is 1. The van der Waals surface area contributed by atoms with Crippen LogP contribution >= 0.6 is 0 Å². The van der Waals surface area contributed by atoms with Crippen molar-refractivity contribution in [2.24, 2.45) is 0 Å². The Balaban J connectivity index is 1.46. The summed E-state index contributed by atoms with van der Waals surface area (Å²) in [5, 5.41) is 0. The third-order valence-corrected chi connectivity index (χ3v) is 5.89. The molecule has 1 aromatic heterocycles. The SMILES string of the molecule is CCOc1ccc(N2CC(c3nc4ccccc4n3Cc3ccc(F)cc3)CC2=O)cc1. The maximum absolute atomic E-state index is 13.4. The van der Waals surface area contributed by atoms with E-state index in [0.717, 1.165) is 33.9 Å². The maximum atomic E-state index is 13.4. The number of imidazole rings is 1. The number of carbonyl (C=O) groups excluding carboxylic acids is 1. The summed E-state index contributed by atoms with van der Waals surface area (Å²) < 4.78 is 21.1. The highest BCUT2D eigenvalue weighted by Gasteiger charge is 2.34. The Bertz CT molecular complexity index is 1250. The summed E-state index contributed by atoms with van der Waals surface area (Å²) in [5.41, 5.74) is 3.76. The molecule has 5 nitrogen and oxygen atoms in total. The van der Waals surface area contributed by atoms with Gasteiger partial charge in [-0.1, -0.05) is 24.3 Å². The number of carbonyl (C=O) groups is 1. The molecule has 0 bridgehead atoms. The number of anilines is 1. The fourth-order valence-corrected chi connectivity index (χ4v) is 4.36. The number of rotatable bonds is 6. The molecule has 0 saturated carbocycles. The van der Waals surface area contributed by atoms with Gasteiger partial charge in [-0.05, 0) is 61.0 Å². The average molecular weight is 429 g/mol. The molecule has 32 heavy (non-hydrogen) atoms. The molecule has 162 valence electrons. The molecule has 0 spiro atoms. The van der Waals surface area contributed by atoms with E-state index in [1.807, 2.05) is 60.4 Å². The third-order valence-electron chi connectivity index (χ3n) is 5.89. The molecule has 1 fully saturated rings. The van der Waals surface area contributed by atoms with Crippen LogP contribution < -0.4 is 9.64 Å². The molecule has 1 atom stereocenters. The first-order valence-corrected chi connectivity index (χ1v) is 10.8. The van der Waals surface area contributed by atoms with Crippen LogP contribution in [-0.4, -0.2) is 28.6 Å². The highest BCUT2D eigenvalue weighted by atomic mass is 19.1. The predicted molar refractivity (Wildman–Crippen MR) is 123 cm³/mol. The smallest absolute Gasteiger partial charge is 0.227 e. The Morgan fingerprint density at radius 2 is 1.78 bits per heavy atom. The molecule has 6 heteroatoms. The second-order valence-corrected chi connectivity index (χ2v) is 8.00. The van der Waals surface area contributed by atoms with Crippen molar-refractivity contribution in [2.75, 3.05) is 18.1 Å². The number of hydrogen-bond acceptors (Lipinski definition) is 3. The number of amides is 1. The normalized spacial score (nSPS) is 16.1.